The minimum atomic E-state index is -1.75. The molecular weight excluding hydrogens is 1320 g/mol. The summed E-state index contributed by atoms with van der Waals surface area (Å²) in [4.78, 5) is 61.2. The van der Waals surface area contributed by atoms with Crippen LogP contribution in [0.2, 0.25) is 0 Å². The van der Waals surface area contributed by atoms with Crippen molar-refractivity contribution >= 4 is 23.9 Å². The molecule has 0 aromatic heterocycles. The molecule has 0 saturated carbocycles. The van der Waals surface area contributed by atoms with Crippen LogP contribution in [-0.2, 0) is 33.6 Å². The van der Waals surface area contributed by atoms with E-state index >= 15 is 0 Å². The molecule has 0 bridgehead atoms. The van der Waals surface area contributed by atoms with Gasteiger partial charge in [-0.05, 0) is 90.2 Å². The van der Waals surface area contributed by atoms with E-state index in [1.165, 1.54) is 24.3 Å². The second-order valence-corrected chi connectivity index (χ2v) is 12.3. The van der Waals surface area contributed by atoms with E-state index in [0.29, 0.717) is 26.2 Å². The monoisotopic (exact) mass is 1370 g/mol. The van der Waals surface area contributed by atoms with Crippen LogP contribution in [-0.4, -0.2) is 122 Å². The Hall–Kier alpha value is -3.58. The average Bonchev–Trinajstić information content (AvgIpc) is 3.19. The van der Waals surface area contributed by atoms with Crippen LogP contribution < -0.4 is 40.9 Å². The molecule has 4 aromatic carbocycles. The predicted molar refractivity (Wildman–Crippen MR) is 221 cm³/mol. The maximum Gasteiger partial charge on any atom is 3.00 e. The summed E-state index contributed by atoms with van der Waals surface area (Å²) in [5, 5.41) is 110. The number of aryl methyl sites for hydroxylation is 4. The largest absolute Gasteiger partial charge is 3.00 e. The van der Waals surface area contributed by atoms with Gasteiger partial charge < -0.3 is 111 Å². The van der Waals surface area contributed by atoms with Gasteiger partial charge >= 0.3 is 111 Å². The van der Waals surface area contributed by atoms with Crippen molar-refractivity contribution in [2.75, 3.05) is 66.7 Å². The van der Waals surface area contributed by atoms with Gasteiger partial charge in [-0.2, -0.15) is 0 Å². The molecule has 0 spiro atoms. The van der Waals surface area contributed by atoms with Crippen LogP contribution >= 0.6 is 0 Å². The number of benzene rings is 4. The molecule has 0 aliphatic rings. The molecule has 396 valence electrons. The number of carboxylic acids is 4. The average molecular weight is 1370 g/mol. The Morgan fingerprint density at radius 3 is 0.614 bits per heavy atom. The van der Waals surface area contributed by atoms with Crippen LogP contribution in [0.4, 0.5) is 0 Å². The van der Waals surface area contributed by atoms with Gasteiger partial charge in [0.2, 0.25) is 0 Å². The standard InChI is InChI=1S/4C8H8O2.2C5H11NO2.2Co.2NO3.2H2O.2Tb/c4*1-6-4-2-3-5-7(6)8(9)10;2*1-6(2-4-7)3-5-8;;;2*2-1(3)4;;;;/h4*2-5H,1H3,(H,9,10);2*2-5H2,1H3;;;;;2*1H2;;/q;;;;2*-2;2*+3;2*-1;;;2*+3/p-6. The molecule has 28 heteroatoms. The smallest absolute Gasteiger partial charge is 0.870 e. The van der Waals surface area contributed by atoms with Crippen LogP contribution in [0.3, 0.4) is 0 Å². The topological polar surface area (TPSA) is 452 Å². The SMILES string of the molecule is CN(CC[O-])CC[O-].CN(CC[O-])CC[O-].Cc1ccccc1C(=O)[O-].Cc1ccccc1C(=O)[O-].Cc1ccccc1C(=O)[O-].Cc1ccccc1C(=O)[O-].O=[N+]([O-])[O-].O=[N+]([O-])[O-].[Co+3].[Co+3].[OH-].[OH-].[Tb+3].[Tb+3]. The van der Waals surface area contributed by atoms with Gasteiger partial charge in [0.1, 0.15) is 0 Å². The Kier molecular flexibility index (Phi) is 74.0. The summed E-state index contributed by atoms with van der Waals surface area (Å²) < 4.78 is 0. The fourth-order valence-corrected chi connectivity index (χ4v) is 4.05. The van der Waals surface area contributed by atoms with Crippen molar-refractivity contribution in [1.29, 1.82) is 0 Å². The molecule has 4 rings (SSSR count). The zero-order valence-electron chi connectivity index (χ0n) is 38.3. The van der Waals surface area contributed by atoms with Gasteiger partial charge in [0, 0.05) is 22.3 Å². The van der Waals surface area contributed by atoms with E-state index in [2.05, 4.69) is 0 Å². The fourth-order valence-electron chi connectivity index (χ4n) is 4.05. The van der Waals surface area contributed by atoms with Gasteiger partial charge in [-0.1, -0.05) is 97.1 Å². The summed E-state index contributed by atoms with van der Waals surface area (Å²) in [5.74, 6) is -4.45. The van der Waals surface area contributed by atoms with Gasteiger partial charge in [-0.25, -0.2) is 0 Å². The quantitative estimate of drug-likeness (QED) is 0.0960. The number of likely N-dealkylation sites (N-methyl/N-ethyl adjacent to an activating group) is 2. The molecule has 0 unspecified atom stereocenters. The van der Waals surface area contributed by atoms with Crippen molar-refractivity contribution in [3.05, 3.63) is 172 Å². The Morgan fingerprint density at radius 2 is 0.529 bits per heavy atom. The summed E-state index contributed by atoms with van der Waals surface area (Å²) in [6.45, 7) is 8.46. The van der Waals surface area contributed by atoms with E-state index in [-0.39, 0.29) is 170 Å². The van der Waals surface area contributed by atoms with E-state index in [0.717, 1.165) is 22.3 Å². The number of carbonyl (C=O) groups excluding carboxylic acids is 4. The fraction of sp³-hybridized carbons (Fsp3) is 0.333. The second kappa shape index (κ2) is 58.0. The van der Waals surface area contributed by atoms with E-state index in [1.807, 2.05) is 0 Å². The molecule has 0 fully saturated rings. The maximum absolute atomic E-state index is 10.3. The van der Waals surface area contributed by atoms with E-state index < -0.39 is 34.1 Å². The third kappa shape index (κ3) is 55.4. The molecule has 0 heterocycles. The second-order valence-electron chi connectivity index (χ2n) is 12.3. The Bertz CT molecular complexity index is 1690. The number of aromatic carboxylic acids is 4. The third-order valence-corrected chi connectivity index (χ3v) is 7.35. The van der Waals surface area contributed by atoms with Gasteiger partial charge in [-0.15, -0.1) is 26.4 Å². The van der Waals surface area contributed by atoms with Crippen LogP contribution in [0, 0.1) is 136 Å². The van der Waals surface area contributed by atoms with Gasteiger partial charge in [-0.3, -0.25) is 0 Å². The van der Waals surface area contributed by atoms with Crippen molar-refractivity contribution in [1.82, 2.24) is 9.80 Å². The minimum absolute atomic E-state index is 0. The number of carboxylic acid groups (broad SMARTS) is 4. The van der Waals surface area contributed by atoms with E-state index in [1.54, 1.807) is 124 Å². The van der Waals surface area contributed by atoms with E-state index in [4.69, 9.17) is 30.6 Å². The number of nitrogens with zero attached hydrogens (tertiary/aromatic N) is 4. The number of carbonyl (C=O) groups is 4. The molecular formula is C42H52Co2N4O20Tb2. The van der Waals surface area contributed by atoms with E-state index in [9.17, 15) is 60.0 Å². The first-order valence-electron chi connectivity index (χ1n) is 18.4. The normalized spacial score (nSPS) is 8.40. The molecule has 2 N–H and O–H groups in total. The van der Waals surface area contributed by atoms with Crippen molar-refractivity contribution in [2.45, 2.75) is 27.7 Å². The Labute approximate surface area is 487 Å². The summed E-state index contributed by atoms with van der Waals surface area (Å²) in [5.41, 5.74) is 4.02. The first-order chi connectivity index (χ1) is 29.9. The summed E-state index contributed by atoms with van der Waals surface area (Å²) in [6.07, 6.45) is 0. The first kappa shape index (κ1) is 89.3. The molecule has 70 heavy (non-hydrogen) atoms. The zero-order valence-corrected chi connectivity index (χ0v) is 44.6. The molecule has 0 atom stereocenters. The maximum atomic E-state index is 10.3. The number of hydrogen-bond donors (Lipinski definition) is 0. The van der Waals surface area contributed by atoms with Gasteiger partial charge in [0.25, 0.3) is 0 Å². The Balaban J connectivity index is -0.0000000738. The van der Waals surface area contributed by atoms with Crippen molar-refractivity contribution in [3.8, 4) is 0 Å². The molecule has 0 saturated heterocycles. The van der Waals surface area contributed by atoms with Crippen LogP contribution in [0.15, 0.2) is 97.1 Å². The summed E-state index contributed by atoms with van der Waals surface area (Å²) >= 11 is 0. The summed E-state index contributed by atoms with van der Waals surface area (Å²) in [7, 11) is 3.55. The molecule has 0 radical (unpaired) electrons. The van der Waals surface area contributed by atoms with Crippen LogP contribution in [0.25, 0.3) is 0 Å². The van der Waals surface area contributed by atoms with Gasteiger partial charge in [0.05, 0.1) is 34.1 Å². The summed E-state index contributed by atoms with van der Waals surface area (Å²) in [6, 6.07) is 27.0. The van der Waals surface area contributed by atoms with Crippen LogP contribution in [0.1, 0.15) is 63.7 Å². The van der Waals surface area contributed by atoms with Gasteiger partial charge in [0.15, 0.2) is 0 Å². The number of hydrogen-bond acceptors (Lipinski definition) is 22. The predicted octanol–water partition coefficient (Wildman–Crippen LogP) is -4.13. The van der Waals surface area contributed by atoms with Crippen molar-refractivity contribution in [2.24, 2.45) is 0 Å². The van der Waals surface area contributed by atoms with Crippen molar-refractivity contribution < 1.29 is 192 Å². The molecule has 24 nitrogen and oxygen atoms in total. The number of rotatable bonds is 12. The van der Waals surface area contributed by atoms with Crippen molar-refractivity contribution in [3.63, 3.8) is 0 Å². The van der Waals surface area contributed by atoms with Crippen LogP contribution in [0.5, 0.6) is 0 Å². The minimum Gasteiger partial charge on any atom is -0.870 e. The molecule has 4 aromatic rings. The molecule has 0 amide bonds. The zero-order chi connectivity index (χ0) is 50.2. The molecule has 0 aliphatic carbocycles. The molecule has 0 aliphatic heterocycles. The first-order valence-corrected chi connectivity index (χ1v) is 18.4. The Morgan fingerprint density at radius 1 is 0.400 bits per heavy atom. The third-order valence-electron chi connectivity index (χ3n) is 7.35.